The molecule has 0 aromatic carbocycles. The molecule has 0 saturated heterocycles. The van der Waals surface area contributed by atoms with Crippen molar-refractivity contribution in [2.24, 2.45) is 0 Å². The standard InChI is InChI=1S/C48H90NO8P/c1-6-8-10-12-14-16-18-20-22-23-24-25-27-28-30-32-34-36-38-40-47(50)54-44-46(45-56-58(52,53)55-43-42-49(3,4)5)57-48(51)41-39-37-35-33-31-29-26-21-19-17-15-13-11-9-7-2/h17,19-22,26,46H,6-16,18,23-25,27-45H2,1-5H3/b19-17+,22-20+,26-21+/t46-/m1/s1. The van der Waals surface area contributed by atoms with E-state index in [0.717, 1.165) is 57.8 Å². The predicted octanol–water partition coefficient (Wildman–Crippen LogP) is 13.1. The quantitative estimate of drug-likeness (QED) is 0.0149. The number of nitrogens with zero attached hydrogens (tertiary/aromatic N) is 1. The van der Waals surface area contributed by atoms with Gasteiger partial charge in [-0.15, -0.1) is 0 Å². The van der Waals surface area contributed by atoms with Crippen molar-refractivity contribution in [3.63, 3.8) is 0 Å². The molecule has 58 heavy (non-hydrogen) atoms. The van der Waals surface area contributed by atoms with Crippen LogP contribution in [0.15, 0.2) is 36.5 Å². The Morgan fingerprint density at radius 3 is 1.40 bits per heavy atom. The van der Waals surface area contributed by atoms with E-state index < -0.39 is 26.5 Å². The maximum atomic E-state index is 12.7. The van der Waals surface area contributed by atoms with Crippen molar-refractivity contribution in [1.29, 1.82) is 0 Å². The zero-order chi connectivity index (χ0) is 42.8. The highest BCUT2D eigenvalue weighted by atomic mass is 31.2. The molecule has 0 fully saturated rings. The van der Waals surface area contributed by atoms with Gasteiger partial charge in [-0.3, -0.25) is 14.2 Å². The number of hydrogen-bond acceptors (Lipinski definition) is 8. The number of unbranched alkanes of at least 4 members (excludes halogenated alkanes) is 24. The van der Waals surface area contributed by atoms with E-state index in [0.29, 0.717) is 17.4 Å². The molecule has 0 aliphatic rings. The fourth-order valence-corrected chi connectivity index (χ4v) is 7.13. The lowest BCUT2D eigenvalue weighted by Gasteiger charge is -2.28. The van der Waals surface area contributed by atoms with Crippen LogP contribution in [0.1, 0.15) is 206 Å². The number of carbonyl (C=O) groups is 2. The number of ether oxygens (including phenoxy) is 2. The molecule has 0 aromatic rings. The lowest BCUT2D eigenvalue weighted by Crippen LogP contribution is -2.37. The number of carbonyl (C=O) groups excluding carboxylic acids is 2. The molecule has 0 heterocycles. The summed E-state index contributed by atoms with van der Waals surface area (Å²) in [4.78, 5) is 37.6. The molecule has 0 bridgehead atoms. The van der Waals surface area contributed by atoms with E-state index >= 15 is 0 Å². The Labute approximate surface area is 357 Å². The number of allylic oxidation sites excluding steroid dienone is 6. The highest BCUT2D eigenvalue weighted by Gasteiger charge is 2.21. The molecule has 10 heteroatoms. The van der Waals surface area contributed by atoms with Gasteiger partial charge < -0.3 is 27.9 Å². The smallest absolute Gasteiger partial charge is 0.306 e. The van der Waals surface area contributed by atoms with Crippen LogP contribution in [0.4, 0.5) is 0 Å². The first kappa shape index (κ1) is 56.2. The van der Waals surface area contributed by atoms with Crippen LogP contribution in [0.3, 0.4) is 0 Å². The van der Waals surface area contributed by atoms with Crippen LogP contribution in [0.25, 0.3) is 0 Å². The molecular weight excluding hydrogens is 750 g/mol. The largest absolute Gasteiger partial charge is 0.756 e. The highest BCUT2D eigenvalue weighted by Crippen LogP contribution is 2.38. The van der Waals surface area contributed by atoms with E-state index in [-0.39, 0.29) is 32.0 Å². The fourth-order valence-electron chi connectivity index (χ4n) is 6.40. The minimum atomic E-state index is -4.63. The van der Waals surface area contributed by atoms with Gasteiger partial charge in [-0.25, -0.2) is 0 Å². The molecule has 0 N–H and O–H groups in total. The van der Waals surface area contributed by atoms with Gasteiger partial charge in [-0.2, -0.15) is 0 Å². The SMILES string of the molecule is CCCCCC/C=C/C=C/CCCCCCCC(=O)O[C@H](COC(=O)CCCCCCCCCCC/C=C/CCCCCCCC)COP(=O)([O-])OCC[N+](C)(C)C. The summed E-state index contributed by atoms with van der Waals surface area (Å²) in [7, 11) is 1.15. The van der Waals surface area contributed by atoms with Gasteiger partial charge in [-0.1, -0.05) is 166 Å². The number of phosphoric ester groups is 1. The summed E-state index contributed by atoms with van der Waals surface area (Å²) >= 11 is 0. The van der Waals surface area contributed by atoms with Gasteiger partial charge in [0.25, 0.3) is 7.82 Å². The van der Waals surface area contributed by atoms with Gasteiger partial charge >= 0.3 is 11.9 Å². The van der Waals surface area contributed by atoms with Crippen LogP contribution in [0, 0.1) is 0 Å². The van der Waals surface area contributed by atoms with E-state index in [2.05, 4.69) is 50.3 Å². The van der Waals surface area contributed by atoms with Gasteiger partial charge in [0.15, 0.2) is 6.10 Å². The average Bonchev–Trinajstić information content (AvgIpc) is 3.17. The summed E-state index contributed by atoms with van der Waals surface area (Å²) in [5, 5.41) is 0. The number of hydrogen-bond donors (Lipinski definition) is 0. The van der Waals surface area contributed by atoms with Crippen LogP contribution < -0.4 is 4.89 Å². The second kappa shape index (κ2) is 40.6. The number of esters is 2. The molecule has 0 amide bonds. The Balaban J connectivity index is 4.31. The molecule has 9 nitrogen and oxygen atoms in total. The Kier molecular flexibility index (Phi) is 39.4. The fraction of sp³-hybridized carbons (Fsp3) is 0.833. The van der Waals surface area contributed by atoms with E-state index in [9.17, 15) is 19.0 Å². The molecule has 0 spiro atoms. The Morgan fingerprint density at radius 1 is 0.534 bits per heavy atom. The molecular formula is C48H90NO8P. The zero-order valence-corrected chi connectivity index (χ0v) is 39.1. The second-order valence-corrected chi connectivity index (χ2v) is 18.6. The first-order valence-electron chi connectivity index (χ1n) is 23.7. The minimum absolute atomic E-state index is 0.0342. The first-order valence-corrected chi connectivity index (χ1v) is 25.2. The van der Waals surface area contributed by atoms with Crippen LogP contribution in [0.5, 0.6) is 0 Å². The number of likely N-dealkylation sites (N-methyl/N-ethyl adjacent to an activating group) is 1. The highest BCUT2D eigenvalue weighted by molar-refractivity contribution is 7.45. The van der Waals surface area contributed by atoms with E-state index in [1.54, 1.807) is 0 Å². The van der Waals surface area contributed by atoms with Crippen molar-refractivity contribution in [3.8, 4) is 0 Å². The van der Waals surface area contributed by atoms with Crippen molar-refractivity contribution in [2.75, 3.05) is 47.5 Å². The van der Waals surface area contributed by atoms with Gasteiger partial charge in [-0.05, 0) is 64.2 Å². The molecule has 2 atom stereocenters. The molecule has 0 aliphatic heterocycles. The third-order valence-electron chi connectivity index (χ3n) is 10.2. The Morgan fingerprint density at radius 2 is 0.931 bits per heavy atom. The van der Waals surface area contributed by atoms with Gasteiger partial charge in [0.05, 0.1) is 27.7 Å². The van der Waals surface area contributed by atoms with Crippen LogP contribution in [0.2, 0.25) is 0 Å². The van der Waals surface area contributed by atoms with E-state index in [1.165, 1.54) is 116 Å². The summed E-state index contributed by atoms with van der Waals surface area (Å²) < 4.78 is 33.9. The third kappa shape index (κ3) is 43.8. The van der Waals surface area contributed by atoms with Crippen molar-refractivity contribution >= 4 is 19.8 Å². The maximum Gasteiger partial charge on any atom is 0.306 e. The lowest BCUT2D eigenvalue weighted by molar-refractivity contribution is -0.870. The topological polar surface area (TPSA) is 111 Å². The molecule has 0 radical (unpaired) electrons. The summed E-state index contributed by atoms with van der Waals surface area (Å²) in [6.07, 6.45) is 45.9. The van der Waals surface area contributed by atoms with Gasteiger partial charge in [0.1, 0.15) is 19.8 Å². The van der Waals surface area contributed by atoms with E-state index in [1.807, 2.05) is 21.1 Å². The van der Waals surface area contributed by atoms with Crippen molar-refractivity contribution in [1.82, 2.24) is 0 Å². The minimum Gasteiger partial charge on any atom is -0.756 e. The number of phosphoric acid groups is 1. The summed E-state index contributed by atoms with van der Waals surface area (Å²) in [6, 6.07) is 0. The Bertz CT molecular complexity index is 1090. The second-order valence-electron chi connectivity index (χ2n) is 17.1. The summed E-state index contributed by atoms with van der Waals surface area (Å²) in [5.41, 5.74) is 0. The zero-order valence-electron chi connectivity index (χ0n) is 38.2. The van der Waals surface area contributed by atoms with E-state index in [4.69, 9.17) is 18.5 Å². The summed E-state index contributed by atoms with van der Waals surface area (Å²) in [6.45, 7) is 4.19. The average molecular weight is 840 g/mol. The normalized spacial score (nSPS) is 13.8. The first-order chi connectivity index (χ1) is 28.0. The number of quaternary nitrogens is 1. The van der Waals surface area contributed by atoms with Crippen LogP contribution in [-0.2, 0) is 32.7 Å². The van der Waals surface area contributed by atoms with Crippen LogP contribution in [-0.4, -0.2) is 70.0 Å². The van der Waals surface area contributed by atoms with Gasteiger partial charge in [0, 0.05) is 12.8 Å². The summed E-state index contributed by atoms with van der Waals surface area (Å²) in [5.74, 6) is -0.851. The van der Waals surface area contributed by atoms with Gasteiger partial charge in [0.2, 0.25) is 0 Å². The number of rotatable bonds is 43. The molecule has 1 unspecified atom stereocenters. The lowest BCUT2D eigenvalue weighted by atomic mass is 10.1. The molecule has 0 saturated carbocycles. The monoisotopic (exact) mass is 840 g/mol. The van der Waals surface area contributed by atoms with Crippen molar-refractivity contribution in [3.05, 3.63) is 36.5 Å². The van der Waals surface area contributed by atoms with Crippen molar-refractivity contribution < 1.29 is 42.1 Å². The van der Waals surface area contributed by atoms with Crippen LogP contribution >= 0.6 is 7.82 Å². The predicted molar refractivity (Wildman–Crippen MR) is 241 cm³/mol. The molecule has 0 aromatic heterocycles. The van der Waals surface area contributed by atoms with Crippen molar-refractivity contribution in [2.45, 2.75) is 213 Å². The molecule has 0 aliphatic carbocycles. The molecule has 0 rings (SSSR count). The maximum absolute atomic E-state index is 12.7. The Hall–Kier alpha value is -1.77. The molecule has 340 valence electrons. The third-order valence-corrected chi connectivity index (χ3v) is 11.1.